The normalized spacial score (nSPS) is 11.5. The maximum absolute atomic E-state index is 11.6. The summed E-state index contributed by atoms with van der Waals surface area (Å²) in [5.74, 6) is 6.08. The molecule has 1 amide bonds. The van der Waals surface area contributed by atoms with Crippen molar-refractivity contribution in [2.45, 2.75) is 33.1 Å². The van der Waals surface area contributed by atoms with Crippen LogP contribution in [-0.4, -0.2) is 22.6 Å². The van der Waals surface area contributed by atoms with Crippen LogP contribution in [0, 0.1) is 17.8 Å². The van der Waals surface area contributed by atoms with E-state index in [-0.39, 0.29) is 12.5 Å². The molecular formula is C13H18N2O2S. The number of hydrogen-bond acceptors (Lipinski definition) is 4. The van der Waals surface area contributed by atoms with Gasteiger partial charge >= 0.3 is 0 Å². The van der Waals surface area contributed by atoms with E-state index in [1.807, 2.05) is 6.92 Å². The second kappa shape index (κ2) is 7.85. The summed E-state index contributed by atoms with van der Waals surface area (Å²) in [6.07, 6.45) is 3.59. The summed E-state index contributed by atoms with van der Waals surface area (Å²) in [6.45, 7) is 4.17. The average molecular weight is 266 g/mol. The summed E-state index contributed by atoms with van der Waals surface area (Å²) >= 11 is 1.35. The van der Waals surface area contributed by atoms with Crippen LogP contribution < -0.4 is 5.32 Å². The molecule has 0 bridgehead atoms. The molecule has 1 aromatic heterocycles. The third-order valence-electron chi connectivity index (χ3n) is 2.43. The Hall–Kier alpha value is -1.38. The molecule has 18 heavy (non-hydrogen) atoms. The van der Waals surface area contributed by atoms with Crippen LogP contribution in [0.1, 0.15) is 38.0 Å². The summed E-state index contributed by atoms with van der Waals surface area (Å²) in [7, 11) is 0. The molecule has 1 atom stereocenters. The quantitative estimate of drug-likeness (QED) is 0.804. The first-order chi connectivity index (χ1) is 8.65. The van der Waals surface area contributed by atoms with E-state index in [0.29, 0.717) is 23.9 Å². The third kappa shape index (κ3) is 5.30. The van der Waals surface area contributed by atoms with Crippen LogP contribution in [0.5, 0.6) is 0 Å². The van der Waals surface area contributed by atoms with Crippen molar-refractivity contribution in [2.24, 2.45) is 5.92 Å². The number of amides is 1. The number of aromatic nitrogens is 1. The molecule has 98 valence electrons. The Morgan fingerprint density at radius 1 is 1.67 bits per heavy atom. The first-order valence-electron chi connectivity index (χ1n) is 6.01. The van der Waals surface area contributed by atoms with Gasteiger partial charge in [-0.05, 0) is 5.92 Å². The molecular weight excluding hydrogens is 248 g/mol. The molecule has 0 spiro atoms. The lowest BCUT2D eigenvalue weighted by atomic mass is 10.1. The highest BCUT2D eigenvalue weighted by atomic mass is 32.1. The van der Waals surface area contributed by atoms with Gasteiger partial charge in [-0.2, -0.15) is 0 Å². The number of carbonyl (C=O) groups is 1. The molecule has 2 N–H and O–H groups in total. The Kier molecular flexibility index (Phi) is 6.40. The van der Waals surface area contributed by atoms with Crippen molar-refractivity contribution in [1.29, 1.82) is 0 Å². The summed E-state index contributed by atoms with van der Waals surface area (Å²) in [5, 5.41) is 12.0. The Labute approximate surface area is 111 Å². The van der Waals surface area contributed by atoms with E-state index >= 15 is 0 Å². The summed E-state index contributed by atoms with van der Waals surface area (Å²) in [4.78, 5) is 16.5. The van der Waals surface area contributed by atoms with Crippen LogP contribution in [0.4, 0.5) is 5.13 Å². The van der Waals surface area contributed by atoms with E-state index < -0.39 is 0 Å². The molecule has 0 saturated carbocycles. The second-order valence-corrected chi connectivity index (χ2v) is 5.10. The molecule has 1 heterocycles. The lowest BCUT2D eigenvalue weighted by Crippen LogP contribution is -2.14. The molecule has 0 saturated heterocycles. The van der Waals surface area contributed by atoms with Crippen molar-refractivity contribution in [2.75, 3.05) is 11.9 Å². The Morgan fingerprint density at radius 3 is 3.11 bits per heavy atom. The fourth-order valence-corrected chi connectivity index (χ4v) is 1.93. The van der Waals surface area contributed by atoms with Gasteiger partial charge in [0.05, 0.1) is 17.7 Å². The van der Waals surface area contributed by atoms with Gasteiger partial charge in [0, 0.05) is 12.8 Å². The van der Waals surface area contributed by atoms with Gasteiger partial charge in [-0.1, -0.05) is 43.4 Å². The minimum atomic E-state index is -0.00596. The first-order valence-corrected chi connectivity index (χ1v) is 6.82. The number of aliphatic hydroxyl groups excluding tert-OH is 1. The van der Waals surface area contributed by atoms with Crippen LogP contribution >= 0.6 is 11.3 Å². The van der Waals surface area contributed by atoms with Gasteiger partial charge in [-0.15, -0.1) is 0 Å². The minimum Gasteiger partial charge on any atom is -0.395 e. The molecule has 4 nitrogen and oxygen atoms in total. The SMILES string of the molecule is CCC(C)CC(=O)Nc1ncc(C#CCCO)s1. The first kappa shape index (κ1) is 14.7. The van der Waals surface area contributed by atoms with Gasteiger partial charge in [0.1, 0.15) is 0 Å². The number of rotatable bonds is 5. The number of carbonyl (C=O) groups excluding carboxylic acids is 1. The van der Waals surface area contributed by atoms with Gasteiger partial charge in [-0.25, -0.2) is 4.98 Å². The minimum absolute atomic E-state index is 0.00596. The van der Waals surface area contributed by atoms with E-state index in [1.54, 1.807) is 6.20 Å². The van der Waals surface area contributed by atoms with Gasteiger partial charge in [0.25, 0.3) is 0 Å². The Morgan fingerprint density at radius 2 is 2.44 bits per heavy atom. The molecule has 0 aliphatic carbocycles. The summed E-state index contributed by atoms with van der Waals surface area (Å²) in [6, 6.07) is 0. The smallest absolute Gasteiger partial charge is 0.226 e. The van der Waals surface area contributed by atoms with Crippen molar-refractivity contribution < 1.29 is 9.90 Å². The van der Waals surface area contributed by atoms with E-state index in [9.17, 15) is 4.79 Å². The number of anilines is 1. The molecule has 1 rings (SSSR count). The van der Waals surface area contributed by atoms with Crippen LogP contribution in [0.3, 0.4) is 0 Å². The maximum atomic E-state index is 11.6. The lowest BCUT2D eigenvalue weighted by Gasteiger charge is -2.06. The predicted octanol–water partition coefficient (Wildman–Crippen LogP) is 2.25. The van der Waals surface area contributed by atoms with Crippen molar-refractivity contribution in [3.63, 3.8) is 0 Å². The summed E-state index contributed by atoms with van der Waals surface area (Å²) in [5.41, 5.74) is 0. The molecule has 0 aromatic carbocycles. The van der Waals surface area contributed by atoms with Crippen LogP contribution in [0.15, 0.2) is 6.20 Å². The van der Waals surface area contributed by atoms with E-state index in [2.05, 4.69) is 29.1 Å². The van der Waals surface area contributed by atoms with Crippen LogP contribution in [0.2, 0.25) is 0 Å². The largest absolute Gasteiger partial charge is 0.395 e. The van der Waals surface area contributed by atoms with Crippen LogP contribution in [-0.2, 0) is 4.79 Å². The monoisotopic (exact) mass is 266 g/mol. The fraction of sp³-hybridized carbons (Fsp3) is 0.538. The molecule has 5 heteroatoms. The van der Waals surface area contributed by atoms with Crippen molar-refractivity contribution in [3.05, 3.63) is 11.1 Å². The maximum Gasteiger partial charge on any atom is 0.226 e. The zero-order valence-corrected chi connectivity index (χ0v) is 11.5. The number of hydrogen-bond donors (Lipinski definition) is 2. The molecule has 0 radical (unpaired) electrons. The number of nitrogens with one attached hydrogen (secondary N) is 1. The lowest BCUT2D eigenvalue weighted by molar-refractivity contribution is -0.117. The van der Waals surface area contributed by atoms with E-state index in [4.69, 9.17) is 5.11 Å². The Balaban J connectivity index is 2.49. The average Bonchev–Trinajstić information content (AvgIpc) is 2.76. The zero-order chi connectivity index (χ0) is 13.4. The second-order valence-electron chi connectivity index (χ2n) is 4.07. The number of thiazole rings is 1. The van der Waals surface area contributed by atoms with Gasteiger partial charge < -0.3 is 10.4 Å². The molecule has 0 fully saturated rings. The highest BCUT2D eigenvalue weighted by Crippen LogP contribution is 2.18. The van der Waals surface area contributed by atoms with Gasteiger partial charge in [0.2, 0.25) is 5.91 Å². The molecule has 1 aromatic rings. The standard InChI is InChI=1S/C13H18N2O2S/c1-3-10(2)8-12(17)15-13-14-9-11(18-13)6-4-5-7-16/h9-10,16H,3,5,7-8H2,1-2H3,(H,14,15,17). The zero-order valence-electron chi connectivity index (χ0n) is 10.7. The van der Waals surface area contributed by atoms with E-state index in [0.717, 1.165) is 11.3 Å². The number of nitrogens with zero attached hydrogens (tertiary/aromatic N) is 1. The van der Waals surface area contributed by atoms with Gasteiger partial charge in [0.15, 0.2) is 5.13 Å². The molecule has 0 aliphatic rings. The van der Waals surface area contributed by atoms with Crippen molar-refractivity contribution >= 4 is 22.4 Å². The fourth-order valence-electron chi connectivity index (χ4n) is 1.23. The molecule has 0 aliphatic heterocycles. The predicted molar refractivity (Wildman–Crippen MR) is 73.4 cm³/mol. The highest BCUT2D eigenvalue weighted by molar-refractivity contribution is 7.16. The topological polar surface area (TPSA) is 62.2 Å². The summed E-state index contributed by atoms with van der Waals surface area (Å²) < 4.78 is 0. The Bertz CT molecular complexity index is 445. The van der Waals surface area contributed by atoms with Crippen LogP contribution in [0.25, 0.3) is 0 Å². The number of aliphatic hydroxyl groups is 1. The highest BCUT2D eigenvalue weighted by Gasteiger charge is 2.09. The van der Waals surface area contributed by atoms with Gasteiger partial charge in [-0.3, -0.25) is 4.79 Å². The third-order valence-corrected chi connectivity index (χ3v) is 3.26. The molecule has 1 unspecified atom stereocenters. The van der Waals surface area contributed by atoms with Crippen molar-refractivity contribution in [1.82, 2.24) is 4.98 Å². The van der Waals surface area contributed by atoms with E-state index in [1.165, 1.54) is 11.3 Å². The van der Waals surface area contributed by atoms with Crippen molar-refractivity contribution in [3.8, 4) is 11.8 Å².